The Morgan fingerprint density at radius 2 is 1.89 bits per heavy atom. The predicted octanol–water partition coefficient (Wildman–Crippen LogP) is 4.97. The lowest BCUT2D eigenvalue weighted by Gasteiger charge is -2.21. The standard InChI is InChI=1S/C21H16ClN3O3/c1-3-25(4-2)13-6-7-14-15(11-23)19(21(26)28-18(14)10-13)20-24-16-9-12(22)5-8-17(16)27-20/h5-10H,3-4H2,1-2H3. The summed E-state index contributed by atoms with van der Waals surface area (Å²) in [5.74, 6) is 0.0392. The lowest BCUT2D eigenvalue weighted by Crippen LogP contribution is -2.21. The highest BCUT2D eigenvalue weighted by atomic mass is 35.5. The van der Waals surface area contributed by atoms with Crippen LogP contribution in [0.5, 0.6) is 0 Å². The summed E-state index contributed by atoms with van der Waals surface area (Å²) < 4.78 is 11.2. The topological polar surface area (TPSA) is 83.3 Å². The molecule has 0 N–H and O–H groups in total. The molecule has 0 saturated heterocycles. The number of anilines is 1. The van der Waals surface area contributed by atoms with Crippen molar-refractivity contribution in [3.8, 4) is 17.5 Å². The average molecular weight is 394 g/mol. The van der Waals surface area contributed by atoms with E-state index in [0.29, 0.717) is 27.1 Å². The minimum atomic E-state index is -0.668. The molecule has 2 heterocycles. The van der Waals surface area contributed by atoms with Gasteiger partial charge in [-0.2, -0.15) is 5.26 Å². The fraction of sp³-hybridized carbons (Fsp3) is 0.190. The maximum absolute atomic E-state index is 12.7. The second kappa shape index (κ2) is 7.02. The molecule has 0 aliphatic rings. The van der Waals surface area contributed by atoms with Gasteiger partial charge in [-0.25, -0.2) is 9.78 Å². The number of fused-ring (bicyclic) bond motifs is 2. The van der Waals surface area contributed by atoms with E-state index in [2.05, 4.69) is 16.0 Å². The van der Waals surface area contributed by atoms with Crippen LogP contribution in [0.3, 0.4) is 0 Å². The van der Waals surface area contributed by atoms with E-state index in [1.807, 2.05) is 19.9 Å². The first-order valence-electron chi connectivity index (χ1n) is 8.88. The number of hydrogen-bond acceptors (Lipinski definition) is 6. The normalized spacial score (nSPS) is 11.1. The van der Waals surface area contributed by atoms with Gasteiger partial charge in [0.25, 0.3) is 0 Å². The summed E-state index contributed by atoms with van der Waals surface area (Å²) >= 11 is 5.99. The number of halogens is 1. The molecule has 6 nitrogen and oxygen atoms in total. The monoisotopic (exact) mass is 393 g/mol. The van der Waals surface area contributed by atoms with Crippen molar-refractivity contribution in [2.24, 2.45) is 0 Å². The summed E-state index contributed by atoms with van der Waals surface area (Å²) in [7, 11) is 0. The van der Waals surface area contributed by atoms with Crippen molar-refractivity contribution in [1.29, 1.82) is 5.26 Å². The molecule has 2 aromatic carbocycles. The number of nitriles is 1. The zero-order valence-corrected chi connectivity index (χ0v) is 16.1. The van der Waals surface area contributed by atoms with Gasteiger partial charge < -0.3 is 13.7 Å². The smallest absolute Gasteiger partial charge is 0.350 e. The number of aromatic nitrogens is 1. The van der Waals surface area contributed by atoms with Crippen LogP contribution in [0.4, 0.5) is 5.69 Å². The van der Waals surface area contributed by atoms with Crippen LogP contribution >= 0.6 is 11.6 Å². The van der Waals surface area contributed by atoms with E-state index in [1.165, 1.54) is 0 Å². The van der Waals surface area contributed by atoms with E-state index in [9.17, 15) is 10.1 Å². The maximum atomic E-state index is 12.7. The Kier molecular flexibility index (Phi) is 4.54. The van der Waals surface area contributed by atoms with E-state index >= 15 is 0 Å². The molecule has 4 rings (SSSR count). The van der Waals surface area contributed by atoms with Crippen molar-refractivity contribution in [1.82, 2.24) is 4.98 Å². The molecule has 0 saturated carbocycles. The summed E-state index contributed by atoms with van der Waals surface area (Å²) in [6.45, 7) is 5.74. The zero-order valence-electron chi connectivity index (χ0n) is 15.3. The van der Waals surface area contributed by atoms with Gasteiger partial charge in [-0.05, 0) is 44.2 Å². The van der Waals surface area contributed by atoms with Crippen LogP contribution in [0.1, 0.15) is 19.4 Å². The molecule has 0 unspecified atom stereocenters. The van der Waals surface area contributed by atoms with E-state index in [-0.39, 0.29) is 17.0 Å². The van der Waals surface area contributed by atoms with Crippen LogP contribution < -0.4 is 10.5 Å². The van der Waals surface area contributed by atoms with Gasteiger partial charge in [0, 0.05) is 35.3 Å². The highest BCUT2D eigenvalue weighted by Gasteiger charge is 2.22. The molecule has 0 fully saturated rings. The van der Waals surface area contributed by atoms with E-state index in [1.54, 1.807) is 30.3 Å². The van der Waals surface area contributed by atoms with E-state index in [4.69, 9.17) is 20.4 Å². The molecule has 7 heteroatoms. The first-order valence-corrected chi connectivity index (χ1v) is 9.25. The second-order valence-electron chi connectivity index (χ2n) is 6.24. The van der Waals surface area contributed by atoms with Crippen LogP contribution in [0.25, 0.3) is 33.5 Å². The molecule has 28 heavy (non-hydrogen) atoms. The molecule has 0 atom stereocenters. The van der Waals surface area contributed by atoms with Crippen molar-refractivity contribution in [3.63, 3.8) is 0 Å². The van der Waals surface area contributed by atoms with Crippen molar-refractivity contribution in [3.05, 3.63) is 57.4 Å². The summed E-state index contributed by atoms with van der Waals surface area (Å²) in [5.41, 5.74) is 1.77. The molecule has 0 radical (unpaired) electrons. The van der Waals surface area contributed by atoms with Gasteiger partial charge in [-0.3, -0.25) is 0 Å². The average Bonchev–Trinajstić information content (AvgIpc) is 3.10. The van der Waals surface area contributed by atoms with Gasteiger partial charge in [0.05, 0.1) is 5.56 Å². The molecule has 0 bridgehead atoms. The van der Waals surface area contributed by atoms with Crippen molar-refractivity contribution in [2.45, 2.75) is 13.8 Å². The lowest BCUT2D eigenvalue weighted by atomic mass is 10.0. The SMILES string of the molecule is CCN(CC)c1ccc2c(C#N)c(-c3nc4cc(Cl)ccc4o3)c(=O)oc2c1. The van der Waals surface area contributed by atoms with E-state index < -0.39 is 5.63 Å². The van der Waals surface area contributed by atoms with Gasteiger partial charge in [0.15, 0.2) is 5.58 Å². The highest BCUT2D eigenvalue weighted by Crippen LogP contribution is 2.31. The third kappa shape index (κ3) is 2.90. The molecular weight excluding hydrogens is 378 g/mol. The van der Waals surface area contributed by atoms with Gasteiger partial charge in [-0.1, -0.05) is 11.6 Å². The quantitative estimate of drug-likeness (QED) is 0.455. The molecule has 140 valence electrons. The Hall–Kier alpha value is -3.30. The molecule has 0 spiro atoms. The first kappa shape index (κ1) is 18.1. The molecule has 0 aliphatic carbocycles. The number of oxazole rings is 1. The Bertz CT molecular complexity index is 1300. The van der Waals surface area contributed by atoms with Crippen molar-refractivity contribution in [2.75, 3.05) is 18.0 Å². The lowest BCUT2D eigenvalue weighted by molar-refractivity contribution is 0.553. The summed E-state index contributed by atoms with van der Waals surface area (Å²) in [5, 5.41) is 10.8. The fourth-order valence-electron chi connectivity index (χ4n) is 3.29. The first-order chi connectivity index (χ1) is 13.5. The van der Waals surface area contributed by atoms with Gasteiger partial charge in [0.2, 0.25) is 5.89 Å². The van der Waals surface area contributed by atoms with Crippen molar-refractivity contribution >= 4 is 39.4 Å². The molecular formula is C21H16ClN3O3. The number of nitrogens with zero attached hydrogens (tertiary/aromatic N) is 3. The van der Waals surface area contributed by atoms with Crippen LogP contribution in [-0.4, -0.2) is 18.1 Å². The van der Waals surface area contributed by atoms with Gasteiger partial charge in [0.1, 0.15) is 22.7 Å². The number of benzene rings is 2. The maximum Gasteiger partial charge on any atom is 0.350 e. The largest absolute Gasteiger partial charge is 0.436 e. The third-order valence-corrected chi connectivity index (χ3v) is 4.93. The second-order valence-corrected chi connectivity index (χ2v) is 6.67. The predicted molar refractivity (Wildman–Crippen MR) is 109 cm³/mol. The summed E-state index contributed by atoms with van der Waals surface area (Å²) in [6, 6.07) is 12.6. The van der Waals surface area contributed by atoms with Gasteiger partial charge in [-0.15, -0.1) is 0 Å². The minimum Gasteiger partial charge on any atom is -0.436 e. The zero-order chi connectivity index (χ0) is 19.8. The summed E-state index contributed by atoms with van der Waals surface area (Å²) in [6.07, 6.45) is 0. The number of rotatable bonds is 4. The summed E-state index contributed by atoms with van der Waals surface area (Å²) in [4.78, 5) is 19.2. The number of hydrogen-bond donors (Lipinski definition) is 0. The Morgan fingerprint density at radius 3 is 2.61 bits per heavy atom. The Labute approximate surface area is 165 Å². The Morgan fingerprint density at radius 1 is 1.11 bits per heavy atom. The van der Waals surface area contributed by atoms with Crippen LogP contribution in [0.2, 0.25) is 5.02 Å². The minimum absolute atomic E-state index is 0.0120. The fourth-order valence-corrected chi connectivity index (χ4v) is 3.46. The van der Waals surface area contributed by atoms with Crippen LogP contribution in [0.15, 0.2) is 50.0 Å². The van der Waals surface area contributed by atoms with Crippen LogP contribution in [0, 0.1) is 11.3 Å². The molecule has 2 aromatic heterocycles. The van der Waals surface area contributed by atoms with Gasteiger partial charge >= 0.3 is 5.63 Å². The molecule has 0 amide bonds. The Balaban J connectivity index is 1.96. The van der Waals surface area contributed by atoms with E-state index in [0.717, 1.165) is 18.8 Å². The highest BCUT2D eigenvalue weighted by molar-refractivity contribution is 6.31. The molecule has 4 aromatic rings. The third-order valence-electron chi connectivity index (χ3n) is 4.70. The van der Waals surface area contributed by atoms with Crippen LogP contribution in [-0.2, 0) is 0 Å². The van der Waals surface area contributed by atoms with Crippen molar-refractivity contribution < 1.29 is 8.83 Å². The molecule has 0 aliphatic heterocycles.